The third-order valence-corrected chi connectivity index (χ3v) is 3.87. The van der Waals surface area contributed by atoms with Crippen molar-refractivity contribution in [1.29, 1.82) is 0 Å². The molecule has 2 rings (SSSR count). The van der Waals surface area contributed by atoms with Gasteiger partial charge in [0, 0.05) is 19.2 Å². The van der Waals surface area contributed by atoms with E-state index in [-0.39, 0.29) is 30.7 Å². The van der Waals surface area contributed by atoms with Crippen LogP contribution in [0.1, 0.15) is 24.9 Å². The highest BCUT2D eigenvalue weighted by Crippen LogP contribution is 2.23. The Labute approximate surface area is 140 Å². The minimum atomic E-state index is -0.439. The summed E-state index contributed by atoms with van der Waals surface area (Å²) in [5, 5.41) is 10.9. The van der Waals surface area contributed by atoms with Crippen molar-refractivity contribution < 1.29 is 14.5 Å². The number of hydrogen-bond acceptors (Lipinski definition) is 4. The van der Waals surface area contributed by atoms with E-state index < -0.39 is 4.92 Å². The lowest BCUT2D eigenvalue weighted by atomic mass is 10.1. The number of para-hydroxylation sites is 1. The van der Waals surface area contributed by atoms with Crippen molar-refractivity contribution in [3.8, 4) is 5.75 Å². The molecule has 0 saturated heterocycles. The van der Waals surface area contributed by atoms with Crippen LogP contribution in [0, 0.1) is 10.1 Å². The molecule has 0 unspecified atom stereocenters. The van der Waals surface area contributed by atoms with Crippen LogP contribution in [0.4, 0.5) is 5.69 Å². The van der Waals surface area contributed by atoms with Crippen LogP contribution in [0.3, 0.4) is 0 Å². The molecule has 6 nitrogen and oxygen atoms in total. The Morgan fingerprint density at radius 3 is 2.58 bits per heavy atom. The first-order valence-electron chi connectivity index (χ1n) is 7.67. The van der Waals surface area contributed by atoms with E-state index >= 15 is 0 Å². The monoisotopic (exact) mass is 328 g/mol. The molecule has 0 aliphatic carbocycles. The number of hydrogen-bond donors (Lipinski definition) is 0. The number of amides is 1. The molecule has 24 heavy (non-hydrogen) atoms. The van der Waals surface area contributed by atoms with Crippen molar-refractivity contribution in [2.45, 2.75) is 19.4 Å². The summed E-state index contributed by atoms with van der Waals surface area (Å²) in [7, 11) is 1.69. The number of nitro benzene ring substituents is 1. The van der Waals surface area contributed by atoms with Crippen molar-refractivity contribution in [2.24, 2.45) is 0 Å². The van der Waals surface area contributed by atoms with Gasteiger partial charge in [-0.2, -0.15) is 0 Å². The number of rotatable bonds is 7. The predicted molar refractivity (Wildman–Crippen MR) is 90.8 cm³/mol. The number of carbonyl (C=O) groups excluding carboxylic acids is 1. The van der Waals surface area contributed by atoms with Gasteiger partial charge in [0.05, 0.1) is 24.0 Å². The number of nitro groups is 1. The quantitative estimate of drug-likeness (QED) is 0.575. The zero-order valence-electron chi connectivity index (χ0n) is 13.7. The van der Waals surface area contributed by atoms with Gasteiger partial charge in [0.25, 0.3) is 5.69 Å². The zero-order valence-corrected chi connectivity index (χ0v) is 13.7. The van der Waals surface area contributed by atoms with Gasteiger partial charge in [-0.05, 0) is 24.6 Å². The fourth-order valence-electron chi connectivity index (χ4n) is 2.29. The summed E-state index contributed by atoms with van der Waals surface area (Å²) in [6.45, 7) is 2.13. The van der Waals surface area contributed by atoms with Crippen molar-refractivity contribution in [2.75, 3.05) is 13.7 Å². The normalized spacial score (nSPS) is 11.6. The molecule has 0 aromatic heterocycles. The van der Waals surface area contributed by atoms with Crippen LogP contribution < -0.4 is 4.74 Å². The van der Waals surface area contributed by atoms with Crippen LogP contribution in [-0.2, 0) is 4.79 Å². The highest BCUT2D eigenvalue weighted by atomic mass is 16.6. The molecule has 0 bridgehead atoms. The van der Waals surface area contributed by atoms with E-state index in [0.29, 0.717) is 0 Å². The first-order chi connectivity index (χ1) is 11.5. The minimum Gasteiger partial charge on any atom is -0.493 e. The van der Waals surface area contributed by atoms with Gasteiger partial charge >= 0.3 is 0 Å². The largest absolute Gasteiger partial charge is 0.493 e. The maximum absolute atomic E-state index is 12.3. The first-order valence-corrected chi connectivity index (χ1v) is 7.67. The van der Waals surface area contributed by atoms with Crippen LogP contribution in [-0.4, -0.2) is 29.4 Å². The molecule has 2 aromatic rings. The number of ether oxygens (including phenoxy) is 1. The Bertz CT molecular complexity index is 703. The fourth-order valence-corrected chi connectivity index (χ4v) is 2.29. The highest BCUT2D eigenvalue weighted by molar-refractivity contribution is 5.76. The van der Waals surface area contributed by atoms with Gasteiger partial charge in [-0.25, -0.2) is 0 Å². The summed E-state index contributed by atoms with van der Waals surface area (Å²) in [6, 6.07) is 15.4. The standard InChI is InChI=1S/C18H20N2O4/c1-14(15-7-6-8-16(13-15)20(22)23)19(2)18(21)11-12-24-17-9-4-3-5-10-17/h3-10,13-14H,11-12H2,1-2H3/t14-/m1/s1. The Kier molecular flexibility index (Phi) is 5.89. The van der Waals surface area contributed by atoms with Crippen molar-refractivity contribution in [3.63, 3.8) is 0 Å². The molecule has 0 aliphatic rings. The lowest BCUT2D eigenvalue weighted by Crippen LogP contribution is -2.30. The van der Waals surface area contributed by atoms with E-state index in [4.69, 9.17) is 4.74 Å². The van der Waals surface area contributed by atoms with Crippen molar-refractivity contribution in [1.82, 2.24) is 4.90 Å². The summed E-state index contributed by atoms with van der Waals surface area (Å²) < 4.78 is 5.53. The number of nitrogens with zero attached hydrogens (tertiary/aromatic N) is 2. The molecule has 126 valence electrons. The topological polar surface area (TPSA) is 72.7 Å². The average Bonchev–Trinajstić information content (AvgIpc) is 2.61. The molecule has 2 aromatic carbocycles. The van der Waals surface area contributed by atoms with Crippen LogP contribution in [0.25, 0.3) is 0 Å². The molecule has 1 amide bonds. The van der Waals surface area contributed by atoms with Crippen molar-refractivity contribution >= 4 is 11.6 Å². The summed E-state index contributed by atoms with van der Waals surface area (Å²) in [5.41, 5.74) is 0.747. The molecule has 0 heterocycles. The minimum absolute atomic E-state index is 0.0209. The number of benzene rings is 2. The molecule has 0 spiro atoms. The van der Waals surface area contributed by atoms with Crippen LogP contribution in [0.5, 0.6) is 5.75 Å². The first kappa shape index (κ1) is 17.5. The Balaban J connectivity index is 1.92. The van der Waals surface area contributed by atoms with E-state index in [1.807, 2.05) is 37.3 Å². The Morgan fingerprint density at radius 2 is 1.92 bits per heavy atom. The third kappa shape index (κ3) is 4.55. The molecule has 0 radical (unpaired) electrons. The van der Waals surface area contributed by atoms with Gasteiger partial charge < -0.3 is 9.64 Å². The van der Waals surface area contributed by atoms with Crippen LogP contribution in [0.15, 0.2) is 54.6 Å². The maximum Gasteiger partial charge on any atom is 0.269 e. The highest BCUT2D eigenvalue weighted by Gasteiger charge is 2.19. The van der Waals surface area contributed by atoms with Gasteiger partial charge in [0.2, 0.25) is 5.91 Å². The SMILES string of the molecule is C[C@H](c1cccc([N+](=O)[O-])c1)N(C)C(=O)CCOc1ccccc1. The smallest absolute Gasteiger partial charge is 0.269 e. The van der Waals surface area contributed by atoms with E-state index in [0.717, 1.165) is 11.3 Å². The van der Waals surface area contributed by atoms with Gasteiger partial charge in [0.15, 0.2) is 0 Å². The van der Waals surface area contributed by atoms with E-state index in [1.165, 1.54) is 12.1 Å². The molecular formula is C18H20N2O4. The molecule has 0 aliphatic heterocycles. The van der Waals surface area contributed by atoms with Gasteiger partial charge in [-0.1, -0.05) is 30.3 Å². The Morgan fingerprint density at radius 1 is 1.21 bits per heavy atom. The molecule has 0 saturated carbocycles. The molecule has 1 atom stereocenters. The van der Waals surface area contributed by atoms with E-state index in [2.05, 4.69) is 0 Å². The number of non-ortho nitro benzene ring substituents is 1. The maximum atomic E-state index is 12.3. The molecular weight excluding hydrogens is 308 g/mol. The molecule has 6 heteroatoms. The Hall–Kier alpha value is -2.89. The van der Waals surface area contributed by atoms with E-state index in [9.17, 15) is 14.9 Å². The van der Waals surface area contributed by atoms with Crippen molar-refractivity contribution in [3.05, 3.63) is 70.3 Å². The summed E-state index contributed by atoms with van der Waals surface area (Å²) in [5.74, 6) is 0.643. The second-order valence-electron chi connectivity index (χ2n) is 5.44. The second-order valence-corrected chi connectivity index (χ2v) is 5.44. The van der Waals surface area contributed by atoms with Gasteiger partial charge in [0.1, 0.15) is 5.75 Å². The molecule has 0 N–H and O–H groups in total. The average molecular weight is 328 g/mol. The molecule has 0 fully saturated rings. The summed E-state index contributed by atoms with van der Waals surface area (Å²) in [4.78, 5) is 24.3. The fraction of sp³-hybridized carbons (Fsp3) is 0.278. The van der Waals surface area contributed by atoms with Gasteiger partial charge in [-0.3, -0.25) is 14.9 Å². The summed E-state index contributed by atoms with van der Waals surface area (Å²) in [6.07, 6.45) is 0.241. The lowest BCUT2D eigenvalue weighted by molar-refractivity contribution is -0.384. The second kappa shape index (κ2) is 8.10. The predicted octanol–water partition coefficient (Wildman–Crippen LogP) is 3.58. The summed E-state index contributed by atoms with van der Waals surface area (Å²) >= 11 is 0. The number of carbonyl (C=O) groups is 1. The van der Waals surface area contributed by atoms with Crippen LogP contribution >= 0.6 is 0 Å². The third-order valence-electron chi connectivity index (χ3n) is 3.87. The van der Waals surface area contributed by atoms with Gasteiger partial charge in [-0.15, -0.1) is 0 Å². The van der Waals surface area contributed by atoms with Crippen LogP contribution in [0.2, 0.25) is 0 Å². The zero-order chi connectivity index (χ0) is 17.5. The van der Waals surface area contributed by atoms with E-state index in [1.54, 1.807) is 24.1 Å². The lowest BCUT2D eigenvalue weighted by Gasteiger charge is -2.25.